The van der Waals surface area contributed by atoms with E-state index in [0.29, 0.717) is 17.9 Å². The number of thiophene rings is 1. The van der Waals surface area contributed by atoms with Crippen LogP contribution >= 0.6 is 11.3 Å². The quantitative estimate of drug-likeness (QED) is 0.792. The molecule has 2 rings (SSSR count). The number of rotatable bonds is 1. The van der Waals surface area contributed by atoms with Crippen molar-refractivity contribution in [2.45, 2.75) is 38.8 Å². The molecule has 5 nitrogen and oxygen atoms in total. The SMILES string of the molecule is CC(C)(C)OC(=O)N1OCCC1c1ccc(C#N)s1. The number of ether oxygens (including phenoxy) is 1. The Balaban J connectivity index is 2.13. The number of carbonyl (C=O) groups is 1. The predicted octanol–water partition coefficient (Wildman–Crippen LogP) is 3.23. The highest BCUT2D eigenvalue weighted by atomic mass is 32.1. The van der Waals surface area contributed by atoms with Gasteiger partial charge in [0.25, 0.3) is 0 Å². The maximum absolute atomic E-state index is 12.0. The lowest BCUT2D eigenvalue weighted by Gasteiger charge is -2.26. The molecular formula is C13H16N2O3S. The fraction of sp³-hybridized carbons (Fsp3) is 0.538. The summed E-state index contributed by atoms with van der Waals surface area (Å²) in [5.74, 6) is 0. The van der Waals surface area contributed by atoms with Crippen molar-refractivity contribution < 1.29 is 14.4 Å². The molecule has 0 aliphatic carbocycles. The van der Waals surface area contributed by atoms with E-state index in [2.05, 4.69) is 6.07 Å². The molecule has 1 aliphatic rings. The van der Waals surface area contributed by atoms with E-state index in [1.807, 2.05) is 26.8 Å². The van der Waals surface area contributed by atoms with E-state index < -0.39 is 11.7 Å². The lowest BCUT2D eigenvalue weighted by molar-refractivity contribution is -0.124. The average molecular weight is 280 g/mol. The summed E-state index contributed by atoms with van der Waals surface area (Å²) in [5, 5.41) is 10.1. The first-order chi connectivity index (χ1) is 8.90. The van der Waals surface area contributed by atoms with E-state index in [9.17, 15) is 4.79 Å². The van der Waals surface area contributed by atoms with Crippen molar-refractivity contribution in [2.75, 3.05) is 6.61 Å². The summed E-state index contributed by atoms with van der Waals surface area (Å²) in [6.07, 6.45) is 0.229. The van der Waals surface area contributed by atoms with E-state index in [1.54, 1.807) is 6.07 Å². The fourth-order valence-corrected chi connectivity index (χ4v) is 2.73. The lowest BCUT2D eigenvalue weighted by Crippen LogP contribution is -2.35. The number of hydrogen-bond donors (Lipinski definition) is 0. The molecular weight excluding hydrogens is 264 g/mol. The van der Waals surface area contributed by atoms with Gasteiger partial charge >= 0.3 is 6.09 Å². The van der Waals surface area contributed by atoms with Crippen molar-refractivity contribution in [3.8, 4) is 6.07 Å². The number of nitriles is 1. The Bertz CT molecular complexity index is 513. The summed E-state index contributed by atoms with van der Waals surface area (Å²) in [6.45, 7) is 5.92. The van der Waals surface area contributed by atoms with Crippen LogP contribution in [0.4, 0.5) is 4.79 Å². The molecule has 0 bridgehead atoms. The average Bonchev–Trinajstić information content (AvgIpc) is 2.95. The van der Waals surface area contributed by atoms with Gasteiger partial charge in [0.1, 0.15) is 16.5 Å². The van der Waals surface area contributed by atoms with Crippen LogP contribution in [0.1, 0.15) is 43.0 Å². The largest absolute Gasteiger partial charge is 0.442 e. The maximum atomic E-state index is 12.0. The zero-order valence-electron chi connectivity index (χ0n) is 11.2. The molecule has 1 aromatic heterocycles. The Kier molecular flexibility index (Phi) is 3.78. The molecule has 0 radical (unpaired) electrons. The molecule has 0 aromatic carbocycles. The van der Waals surface area contributed by atoms with Crippen molar-refractivity contribution in [3.05, 3.63) is 21.9 Å². The van der Waals surface area contributed by atoms with Crippen LogP contribution in [-0.4, -0.2) is 23.4 Å². The number of carbonyl (C=O) groups excluding carboxylic acids is 1. The van der Waals surface area contributed by atoms with Gasteiger partial charge < -0.3 is 4.74 Å². The highest BCUT2D eigenvalue weighted by Crippen LogP contribution is 2.35. The van der Waals surface area contributed by atoms with Gasteiger partial charge in [0.2, 0.25) is 0 Å². The van der Waals surface area contributed by atoms with E-state index in [1.165, 1.54) is 16.4 Å². The number of hydrogen-bond acceptors (Lipinski definition) is 5. The third kappa shape index (κ3) is 3.25. The molecule has 2 heterocycles. The second-order valence-corrected chi connectivity index (χ2v) is 6.37. The standard InChI is InChI=1S/C13H16N2O3S/c1-13(2,3)18-12(16)15-10(6-7-17-15)11-5-4-9(8-14)19-11/h4-5,10H,6-7H2,1-3H3. The van der Waals surface area contributed by atoms with Gasteiger partial charge in [-0.25, -0.2) is 4.79 Å². The first-order valence-electron chi connectivity index (χ1n) is 6.05. The Labute approximate surface area is 116 Å². The summed E-state index contributed by atoms with van der Waals surface area (Å²) in [7, 11) is 0. The molecule has 1 saturated heterocycles. The second-order valence-electron chi connectivity index (χ2n) is 5.26. The Hall–Kier alpha value is -1.58. The van der Waals surface area contributed by atoms with Gasteiger partial charge in [-0.15, -0.1) is 11.3 Å². The molecule has 1 aliphatic heterocycles. The molecule has 1 aromatic rings. The van der Waals surface area contributed by atoms with Crippen molar-refractivity contribution in [1.29, 1.82) is 5.26 Å². The molecule has 0 saturated carbocycles. The van der Waals surface area contributed by atoms with E-state index in [4.69, 9.17) is 14.8 Å². The maximum Gasteiger partial charge on any atom is 0.435 e. The van der Waals surface area contributed by atoms with Crippen LogP contribution < -0.4 is 0 Å². The van der Waals surface area contributed by atoms with Crippen LogP contribution in [0.15, 0.2) is 12.1 Å². The van der Waals surface area contributed by atoms with Gasteiger partial charge in [0, 0.05) is 11.3 Å². The zero-order valence-corrected chi connectivity index (χ0v) is 12.0. The number of hydroxylamine groups is 2. The monoisotopic (exact) mass is 280 g/mol. The third-order valence-corrected chi connectivity index (χ3v) is 3.63. The first-order valence-corrected chi connectivity index (χ1v) is 6.87. The Morgan fingerprint density at radius 1 is 1.58 bits per heavy atom. The van der Waals surface area contributed by atoms with E-state index in [-0.39, 0.29) is 6.04 Å². The summed E-state index contributed by atoms with van der Waals surface area (Å²) in [6, 6.07) is 5.55. The van der Waals surface area contributed by atoms with Crippen molar-refractivity contribution in [2.24, 2.45) is 0 Å². The van der Waals surface area contributed by atoms with Crippen LogP contribution in [0.2, 0.25) is 0 Å². The molecule has 1 fully saturated rings. The summed E-state index contributed by atoms with van der Waals surface area (Å²) in [5.41, 5.74) is -0.555. The van der Waals surface area contributed by atoms with Gasteiger partial charge in [-0.1, -0.05) is 0 Å². The Morgan fingerprint density at radius 3 is 2.89 bits per heavy atom. The van der Waals surface area contributed by atoms with E-state index >= 15 is 0 Å². The molecule has 19 heavy (non-hydrogen) atoms. The highest BCUT2D eigenvalue weighted by Gasteiger charge is 2.35. The summed E-state index contributed by atoms with van der Waals surface area (Å²) < 4.78 is 5.31. The van der Waals surface area contributed by atoms with Gasteiger partial charge in [0.15, 0.2) is 0 Å². The van der Waals surface area contributed by atoms with Crippen LogP contribution in [0.5, 0.6) is 0 Å². The number of amides is 1. The predicted molar refractivity (Wildman–Crippen MR) is 70.4 cm³/mol. The van der Waals surface area contributed by atoms with Crippen LogP contribution in [0, 0.1) is 11.3 Å². The normalized spacial score (nSPS) is 19.3. The van der Waals surface area contributed by atoms with E-state index in [0.717, 1.165) is 4.88 Å². The molecule has 0 spiro atoms. The fourth-order valence-electron chi connectivity index (χ4n) is 1.81. The summed E-state index contributed by atoms with van der Waals surface area (Å²) >= 11 is 1.38. The molecule has 1 amide bonds. The van der Waals surface area contributed by atoms with Gasteiger partial charge in [-0.3, -0.25) is 4.84 Å². The topological polar surface area (TPSA) is 62.6 Å². The number of nitrogens with zero attached hydrogens (tertiary/aromatic N) is 2. The molecule has 102 valence electrons. The van der Waals surface area contributed by atoms with Gasteiger partial charge in [-0.05, 0) is 32.9 Å². The minimum atomic E-state index is -0.555. The van der Waals surface area contributed by atoms with Gasteiger partial charge in [-0.2, -0.15) is 10.3 Å². The lowest BCUT2D eigenvalue weighted by atomic mass is 10.2. The van der Waals surface area contributed by atoms with Gasteiger partial charge in [0.05, 0.1) is 12.6 Å². The van der Waals surface area contributed by atoms with Crippen LogP contribution in [0.3, 0.4) is 0 Å². The molecule has 6 heteroatoms. The van der Waals surface area contributed by atoms with Crippen molar-refractivity contribution >= 4 is 17.4 Å². The van der Waals surface area contributed by atoms with Crippen LogP contribution in [0.25, 0.3) is 0 Å². The zero-order chi connectivity index (χ0) is 14.0. The molecule has 1 atom stereocenters. The minimum Gasteiger partial charge on any atom is -0.442 e. The van der Waals surface area contributed by atoms with Crippen LogP contribution in [-0.2, 0) is 9.57 Å². The second kappa shape index (κ2) is 5.19. The highest BCUT2D eigenvalue weighted by molar-refractivity contribution is 7.12. The smallest absolute Gasteiger partial charge is 0.435 e. The third-order valence-electron chi connectivity index (χ3n) is 2.54. The van der Waals surface area contributed by atoms with Crippen molar-refractivity contribution in [1.82, 2.24) is 5.06 Å². The minimum absolute atomic E-state index is 0.165. The molecule has 0 N–H and O–H groups in total. The molecule has 1 unspecified atom stereocenters. The van der Waals surface area contributed by atoms with Crippen molar-refractivity contribution in [3.63, 3.8) is 0 Å². The Morgan fingerprint density at radius 2 is 2.32 bits per heavy atom. The first kappa shape index (κ1) is 13.8. The summed E-state index contributed by atoms with van der Waals surface area (Å²) in [4.78, 5) is 19.0.